The van der Waals surface area contributed by atoms with Crippen molar-refractivity contribution in [2.24, 2.45) is 11.5 Å². The number of rotatable bonds is 14. The number of unbranched alkanes of at least 4 members (excludes halogenated alkanes) is 1. The molecule has 0 aromatic rings. The first kappa shape index (κ1) is 24.1. The van der Waals surface area contributed by atoms with Crippen LogP contribution in [0.25, 0.3) is 0 Å². The van der Waals surface area contributed by atoms with Gasteiger partial charge in [0, 0.05) is 6.42 Å². The maximum atomic E-state index is 12.3. The van der Waals surface area contributed by atoms with E-state index in [4.69, 9.17) is 16.6 Å². The summed E-state index contributed by atoms with van der Waals surface area (Å²) in [5.41, 5.74) is 10.7. The molecule has 8 N–H and O–H groups in total. The number of nitrogens with two attached hydrogens (primary N) is 2. The first-order valence-electron chi connectivity index (χ1n) is 8.34. The molecule has 2 amide bonds. The largest absolute Gasteiger partial charge is 0.480 e. The fourth-order valence-corrected chi connectivity index (χ4v) is 2.36. The van der Waals surface area contributed by atoms with Crippen LogP contribution >= 0.6 is 12.6 Å². The van der Waals surface area contributed by atoms with Gasteiger partial charge in [-0.3, -0.25) is 14.4 Å². The molecule has 0 aliphatic carbocycles. The van der Waals surface area contributed by atoms with Gasteiger partial charge in [0.1, 0.15) is 18.1 Å². The van der Waals surface area contributed by atoms with Crippen molar-refractivity contribution in [1.82, 2.24) is 10.6 Å². The fraction of sp³-hybridized carbons (Fsp3) is 0.733. The summed E-state index contributed by atoms with van der Waals surface area (Å²) in [5, 5.41) is 22.8. The van der Waals surface area contributed by atoms with Crippen LogP contribution in [0.4, 0.5) is 0 Å². The molecular weight excluding hydrogens is 364 g/mol. The zero-order valence-electron chi connectivity index (χ0n) is 14.5. The monoisotopic (exact) mass is 392 g/mol. The third kappa shape index (κ3) is 10.2. The number of hydrogen-bond acceptors (Lipinski definition) is 7. The number of carboxylic acids is 2. The number of carbonyl (C=O) groups is 4. The normalized spacial score (nSPS) is 14.1. The van der Waals surface area contributed by atoms with Crippen LogP contribution in [-0.2, 0) is 19.2 Å². The van der Waals surface area contributed by atoms with Gasteiger partial charge in [0.2, 0.25) is 11.8 Å². The molecule has 0 fully saturated rings. The number of carbonyl (C=O) groups excluding carboxylic acids is 2. The number of aliphatic carboxylic acids is 2. The molecule has 0 rings (SSSR count). The molecule has 0 heterocycles. The average Bonchev–Trinajstić information content (AvgIpc) is 2.58. The highest BCUT2D eigenvalue weighted by Crippen LogP contribution is 2.04. The minimum Gasteiger partial charge on any atom is -0.480 e. The molecule has 0 aromatic heterocycles. The molecule has 0 radical (unpaired) electrons. The lowest BCUT2D eigenvalue weighted by Gasteiger charge is -2.21. The van der Waals surface area contributed by atoms with E-state index < -0.39 is 41.9 Å². The Hall–Kier alpha value is -1.85. The molecule has 0 aliphatic heterocycles. The van der Waals surface area contributed by atoms with Gasteiger partial charge in [0.05, 0.1) is 0 Å². The Morgan fingerprint density at radius 2 is 1.58 bits per heavy atom. The number of nitrogens with one attached hydrogen (secondary N) is 2. The van der Waals surface area contributed by atoms with E-state index in [9.17, 15) is 24.3 Å². The Balaban J connectivity index is 4.68. The number of carboxylic acid groups (broad SMARTS) is 2. The Labute approximate surface area is 157 Å². The summed E-state index contributed by atoms with van der Waals surface area (Å²) in [5.74, 6) is -3.27. The van der Waals surface area contributed by atoms with Crippen molar-refractivity contribution < 1.29 is 29.4 Å². The van der Waals surface area contributed by atoms with Crippen LogP contribution < -0.4 is 22.1 Å². The molecule has 0 spiro atoms. The van der Waals surface area contributed by atoms with Crippen LogP contribution in [0.3, 0.4) is 0 Å². The summed E-state index contributed by atoms with van der Waals surface area (Å²) in [6.45, 7) is 0.428. The Bertz CT molecular complexity index is 491. The van der Waals surface area contributed by atoms with Gasteiger partial charge in [-0.2, -0.15) is 12.6 Å². The zero-order chi connectivity index (χ0) is 20.1. The molecule has 26 heavy (non-hydrogen) atoms. The maximum absolute atomic E-state index is 12.3. The molecular formula is C15H28N4O6S. The molecule has 10 nitrogen and oxygen atoms in total. The highest BCUT2D eigenvalue weighted by molar-refractivity contribution is 7.80. The van der Waals surface area contributed by atoms with Gasteiger partial charge in [-0.1, -0.05) is 0 Å². The maximum Gasteiger partial charge on any atom is 0.326 e. The Morgan fingerprint density at radius 3 is 2.08 bits per heavy atom. The summed E-state index contributed by atoms with van der Waals surface area (Å²) >= 11 is 4.03. The Morgan fingerprint density at radius 1 is 0.923 bits per heavy atom. The van der Waals surface area contributed by atoms with E-state index in [1.807, 2.05) is 0 Å². The van der Waals surface area contributed by atoms with Crippen LogP contribution in [-0.4, -0.2) is 64.4 Å². The number of amides is 2. The third-order valence-corrected chi connectivity index (χ3v) is 3.89. The number of hydrogen-bond donors (Lipinski definition) is 7. The van der Waals surface area contributed by atoms with E-state index in [2.05, 4.69) is 23.3 Å². The molecule has 0 aliphatic rings. The van der Waals surface area contributed by atoms with Crippen LogP contribution in [0, 0.1) is 0 Å². The minimum atomic E-state index is -1.22. The standard InChI is InChI=1S/C15H28N4O6S/c16-7-2-1-3-11(15(24)25)19-13(21)10(6-8-26)18-12(20)5-4-9(17)14(22)23/h9-11,26H,1-8,16-17H2,(H,18,20)(H,19,21)(H,22,23)(H,24,25). The number of thiol groups is 1. The van der Waals surface area contributed by atoms with Crippen molar-refractivity contribution in [1.29, 1.82) is 0 Å². The highest BCUT2D eigenvalue weighted by Gasteiger charge is 2.26. The van der Waals surface area contributed by atoms with Crippen molar-refractivity contribution in [3.63, 3.8) is 0 Å². The van der Waals surface area contributed by atoms with Gasteiger partial charge in [0.25, 0.3) is 0 Å². The minimum absolute atomic E-state index is 0.0762. The van der Waals surface area contributed by atoms with E-state index in [1.54, 1.807) is 0 Å². The van der Waals surface area contributed by atoms with Gasteiger partial charge >= 0.3 is 11.9 Å². The van der Waals surface area contributed by atoms with Gasteiger partial charge in [-0.05, 0) is 44.4 Å². The highest BCUT2D eigenvalue weighted by atomic mass is 32.1. The van der Waals surface area contributed by atoms with Gasteiger partial charge < -0.3 is 32.3 Å². The van der Waals surface area contributed by atoms with Gasteiger partial charge in [-0.15, -0.1) is 0 Å². The lowest BCUT2D eigenvalue weighted by Crippen LogP contribution is -2.52. The predicted molar refractivity (Wildman–Crippen MR) is 97.7 cm³/mol. The van der Waals surface area contributed by atoms with E-state index in [0.717, 1.165) is 0 Å². The van der Waals surface area contributed by atoms with Crippen molar-refractivity contribution in [2.75, 3.05) is 12.3 Å². The lowest BCUT2D eigenvalue weighted by atomic mass is 10.1. The molecule has 0 saturated carbocycles. The molecule has 0 saturated heterocycles. The first-order valence-corrected chi connectivity index (χ1v) is 8.98. The van der Waals surface area contributed by atoms with E-state index in [-0.39, 0.29) is 31.4 Å². The summed E-state index contributed by atoms with van der Waals surface area (Å²) < 4.78 is 0. The average molecular weight is 392 g/mol. The van der Waals surface area contributed by atoms with E-state index in [1.165, 1.54) is 0 Å². The molecule has 150 valence electrons. The van der Waals surface area contributed by atoms with Gasteiger partial charge in [-0.25, -0.2) is 4.79 Å². The van der Waals surface area contributed by atoms with Crippen molar-refractivity contribution in [2.45, 2.75) is 56.7 Å². The smallest absolute Gasteiger partial charge is 0.326 e. The van der Waals surface area contributed by atoms with Crippen molar-refractivity contribution in [3.8, 4) is 0 Å². The van der Waals surface area contributed by atoms with Gasteiger partial charge in [0.15, 0.2) is 0 Å². The fourth-order valence-electron chi connectivity index (χ4n) is 2.10. The van der Waals surface area contributed by atoms with Crippen molar-refractivity contribution >= 4 is 36.4 Å². The topological polar surface area (TPSA) is 185 Å². The third-order valence-electron chi connectivity index (χ3n) is 3.63. The SMILES string of the molecule is NCCCCC(NC(=O)C(CCS)NC(=O)CCC(N)C(=O)O)C(=O)O. The molecule has 3 atom stereocenters. The van der Waals surface area contributed by atoms with Crippen LogP contribution in [0.15, 0.2) is 0 Å². The molecule has 11 heteroatoms. The molecule has 0 aromatic carbocycles. The zero-order valence-corrected chi connectivity index (χ0v) is 15.4. The summed E-state index contributed by atoms with van der Waals surface area (Å²) in [6, 6.07) is -3.21. The summed E-state index contributed by atoms with van der Waals surface area (Å²) in [7, 11) is 0. The van der Waals surface area contributed by atoms with Crippen molar-refractivity contribution in [3.05, 3.63) is 0 Å². The summed E-state index contributed by atoms with van der Waals surface area (Å²) in [4.78, 5) is 46.1. The Kier molecular flexibility index (Phi) is 12.4. The second kappa shape index (κ2) is 13.4. The molecule has 3 unspecified atom stereocenters. The van der Waals surface area contributed by atoms with Crippen LogP contribution in [0.2, 0.25) is 0 Å². The van der Waals surface area contributed by atoms with Crippen LogP contribution in [0.1, 0.15) is 38.5 Å². The summed E-state index contributed by atoms with van der Waals surface area (Å²) in [6.07, 6.45) is 1.37. The van der Waals surface area contributed by atoms with Crippen LogP contribution in [0.5, 0.6) is 0 Å². The van der Waals surface area contributed by atoms with E-state index in [0.29, 0.717) is 19.4 Å². The first-order chi connectivity index (χ1) is 12.2. The predicted octanol–water partition coefficient (Wildman–Crippen LogP) is -1.32. The second-order valence-electron chi connectivity index (χ2n) is 5.80. The second-order valence-corrected chi connectivity index (χ2v) is 6.25. The molecule has 0 bridgehead atoms. The van der Waals surface area contributed by atoms with E-state index >= 15 is 0 Å². The lowest BCUT2D eigenvalue weighted by molar-refractivity contribution is -0.142. The quantitative estimate of drug-likeness (QED) is 0.140.